The first-order chi connectivity index (χ1) is 14.2. The second-order valence-electron chi connectivity index (χ2n) is 6.86. The van der Waals surface area contributed by atoms with Crippen LogP contribution in [0.5, 0.6) is 0 Å². The highest BCUT2D eigenvalue weighted by molar-refractivity contribution is 7.92. The number of aliphatic hydroxyl groups excluding tert-OH is 1. The molecule has 0 aromatic heterocycles. The van der Waals surface area contributed by atoms with E-state index in [2.05, 4.69) is 0 Å². The van der Waals surface area contributed by atoms with E-state index in [-0.39, 0.29) is 10.0 Å². The average Bonchev–Trinajstić information content (AvgIpc) is 3.04. The summed E-state index contributed by atoms with van der Waals surface area (Å²) >= 11 is 17.2. The predicted molar refractivity (Wildman–Crippen MR) is 110 cm³/mol. The zero-order valence-electron chi connectivity index (χ0n) is 15.3. The molecule has 2 atom stereocenters. The van der Waals surface area contributed by atoms with Gasteiger partial charge in [-0.05, 0) is 30.3 Å². The largest absolute Gasteiger partial charge is 0.393 e. The Bertz CT molecular complexity index is 1260. The first kappa shape index (κ1) is 24.6. The predicted octanol–water partition coefficient (Wildman–Crippen LogP) is 2.50. The topological polar surface area (TPSA) is 112 Å². The highest BCUT2D eigenvalue weighted by Gasteiger charge is 2.55. The number of aliphatic hydroxyl groups is 2. The van der Waals surface area contributed by atoms with Crippen LogP contribution in [0.25, 0.3) is 0 Å². The van der Waals surface area contributed by atoms with E-state index in [9.17, 15) is 35.8 Å². The molecule has 0 spiro atoms. The van der Waals surface area contributed by atoms with Crippen LogP contribution in [0, 0.1) is 11.6 Å². The minimum Gasteiger partial charge on any atom is -0.393 e. The summed E-state index contributed by atoms with van der Waals surface area (Å²) in [5, 5.41) is 17.6. The normalized spacial score (nSPS) is 22.7. The van der Waals surface area contributed by atoms with Gasteiger partial charge in [-0.3, -0.25) is 0 Å². The van der Waals surface area contributed by atoms with E-state index in [1.165, 1.54) is 6.07 Å². The van der Waals surface area contributed by atoms with Crippen molar-refractivity contribution in [2.45, 2.75) is 20.6 Å². The van der Waals surface area contributed by atoms with Gasteiger partial charge in [0.2, 0.25) is 10.0 Å². The van der Waals surface area contributed by atoms with Gasteiger partial charge in [-0.2, -0.15) is 4.31 Å². The number of halogens is 5. The van der Waals surface area contributed by atoms with Gasteiger partial charge in [-0.15, -0.1) is 0 Å². The van der Waals surface area contributed by atoms with Crippen LogP contribution in [0.2, 0.25) is 15.1 Å². The maximum Gasteiger partial charge on any atom is 0.244 e. The standard InChI is InChI=1S/C17H14Cl3F2NO6S2/c18-9-1-2-14(11(20)3-9)31(28,29)23-6-16(17(25,7-23)8-24)30(26,27)15-5-12(21)10(19)4-13(15)22/h1-5,16,24-25H,6-8H2/t16-,17-/m0/s1. The molecule has 1 fully saturated rings. The lowest BCUT2D eigenvalue weighted by molar-refractivity contribution is 0.00157. The Hall–Kier alpha value is -1.05. The van der Waals surface area contributed by atoms with Gasteiger partial charge in [-0.25, -0.2) is 25.6 Å². The minimum absolute atomic E-state index is 0.151. The van der Waals surface area contributed by atoms with Crippen molar-refractivity contribution in [1.29, 1.82) is 0 Å². The lowest BCUT2D eigenvalue weighted by Crippen LogP contribution is -2.49. The van der Waals surface area contributed by atoms with Crippen LogP contribution in [0.3, 0.4) is 0 Å². The van der Waals surface area contributed by atoms with E-state index in [1.54, 1.807) is 0 Å². The molecule has 0 aliphatic carbocycles. The van der Waals surface area contributed by atoms with Crippen LogP contribution in [-0.4, -0.2) is 61.9 Å². The molecule has 0 saturated carbocycles. The fraction of sp³-hybridized carbons (Fsp3) is 0.294. The van der Waals surface area contributed by atoms with Crippen molar-refractivity contribution < 1.29 is 35.8 Å². The summed E-state index contributed by atoms with van der Waals surface area (Å²) in [4.78, 5) is -1.55. The summed E-state index contributed by atoms with van der Waals surface area (Å²) in [5.74, 6) is -2.63. The molecule has 1 aliphatic heterocycles. The highest BCUT2D eigenvalue weighted by atomic mass is 35.5. The van der Waals surface area contributed by atoms with Crippen molar-refractivity contribution in [3.8, 4) is 0 Å². The Labute approximate surface area is 191 Å². The second kappa shape index (κ2) is 8.38. The van der Waals surface area contributed by atoms with Gasteiger partial charge in [0.05, 0.1) is 16.7 Å². The van der Waals surface area contributed by atoms with Crippen molar-refractivity contribution >= 4 is 54.7 Å². The van der Waals surface area contributed by atoms with Crippen molar-refractivity contribution in [1.82, 2.24) is 4.31 Å². The van der Waals surface area contributed by atoms with E-state index >= 15 is 0 Å². The Balaban J connectivity index is 2.08. The SMILES string of the molecule is O=S(=O)(c1cc(F)c(Cl)cc1F)[C@H]1CN(S(=O)(=O)c2ccc(Cl)cc2Cl)C[C@]1(O)CO. The van der Waals surface area contributed by atoms with E-state index in [0.29, 0.717) is 16.4 Å². The third kappa shape index (κ3) is 4.30. The molecular formula is C17H14Cl3F2NO6S2. The van der Waals surface area contributed by atoms with Crippen LogP contribution in [-0.2, 0) is 19.9 Å². The minimum atomic E-state index is -4.86. The van der Waals surface area contributed by atoms with Gasteiger partial charge in [-0.1, -0.05) is 34.8 Å². The number of benzene rings is 2. The second-order valence-corrected chi connectivity index (χ2v) is 12.1. The average molecular weight is 537 g/mol. The molecule has 2 aromatic rings. The third-order valence-corrected chi connectivity index (χ3v) is 9.94. The van der Waals surface area contributed by atoms with Gasteiger partial charge >= 0.3 is 0 Å². The number of sulfonamides is 1. The van der Waals surface area contributed by atoms with Gasteiger partial charge < -0.3 is 10.2 Å². The monoisotopic (exact) mass is 535 g/mol. The van der Waals surface area contributed by atoms with Gasteiger partial charge in [0.1, 0.15) is 32.3 Å². The van der Waals surface area contributed by atoms with Crippen molar-refractivity contribution in [3.63, 3.8) is 0 Å². The number of sulfone groups is 1. The molecule has 0 bridgehead atoms. The first-order valence-corrected chi connectivity index (χ1v) is 12.5. The first-order valence-electron chi connectivity index (χ1n) is 8.41. The molecule has 2 aromatic carbocycles. The summed E-state index contributed by atoms with van der Waals surface area (Å²) < 4.78 is 80.7. The molecule has 170 valence electrons. The molecule has 0 amide bonds. The fourth-order valence-corrected chi connectivity index (χ4v) is 7.76. The van der Waals surface area contributed by atoms with E-state index in [0.717, 1.165) is 12.1 Å². The maximum absolute atomic E-state index is 14.3. The quantitative estimate of drug-likeness (QED) is 0.568. The van der Waals surface area contributed by atoms with Crippen molar-refractivity contribution in [2.75, 3.05) is 19.7 Å². The molecule has 7 nitrogen and oxygen atoms in total. The molecular weight excluding hydrogens is 523 g/mol. The van der Waals surface area contributed by atoms with Crippen LogP contribution < -0.4 is 0 Å². The number of hydrogen-bond acceptors (Lipinski definition) is 6. The zero-order chi connectivity index (χ0) is 23.4. The molecule has 1 heterocycles. The van der Waals surface area contributed by atoms with Crippen LogP contribution in [0.15, 0.2) is 40.1 Å². The summed E-state index contributed by atoms with van der Waals surface area (Å²) in [6.07, 6.45) is 0. The Morgan fingerprint density at radius 1 is 1.00 bits per heavy atom. The number of rotatable bonds is 5. The molecule has 1 saturated heterocycles. The van der Waals surface area contributed by atoms with Crippen LogP contribution in [0.4, 0.5) is 8.78 Å². The van der Waals surface area contributed by atoms with Gasteiger partial charge in [0, 0.05) is 18.1 Å². The summed E-state index contributed by atoms with van der Waals surface area (Å²) in [6.45, 7) is -2.87. The van der Waals surface area contributed by atoms with Gasteiger partial charge in [0.25, 0.3) is 0 Å². The lowest BCUT2D eigenvalue weighted by atomic mass is 10.1. The number of β-amino-alcohol motifs (C(OH)–C–C–N with tert-alkyl or cyclic N) is 1. The highest BCUT2D eigenvalue weighted by Crippen LogP contribution is 2.37. The Morgan fingerprint density at radius 3 is 2.23 bits per heavy atom. The van der Waals surface area contributed by atoms with Crippen molar-refractivity contribution in [3.05, 3.63) is 57.0 Å². The van der Waals surface area contributed by atoms with E-state index < -0.39 is 76.9 Å². The van der Waals surface area contributed by atoms with Crippen LogP contribution >= 0.6 is 34.8 Å². The van der Waals surface area contributed by atoms with E-state index in [1.807, 2.05) is 0 Å². The summed E-state index contributed by atoms with van der Waals surface area (Å²) in [6, 6.07) is 4.27. The molecule has 31 heavy (non-hydrogen) atoms. The lowest BCUT2D eigenvalue weighted by Gasteiger charge is -2.26. The molecule has 0 unspecified atom stereocenters. The maximum atomic E-state index is 14.3. The number of nitrogens with zero attached hydrogens (tertiary/aromatic N) is 1. The smallest absolute Gasteiger partial charge is 0.244 e. The van der Waals surface area contributed by atoms with E-state index in [4.69, 9.17) is 34.8 Å². The Morgan fingerprint density at radius 2 is 1.65 bits per heavy atom. The number of hydrogen-bond donors (Lipinski definition) is 2. The summed E-state index contributed by atoms with van der Waals surface area (Å²) in [7, 11) is -9.31. The van der Waals surface area contributed by atoms with Crippen LogP contribution in [0.1, 0.15) is 0 Å². The molecule has 2 N–H and O–H groups in total. The van der Waals surface area contributed by atoms with Gasteiger partial charge in [0.15, 0.2) is 9.84 Å². The third-order valence-electron chi connectivity index (χ3n) is 4.86. The van der Waals surface area contributed by atoms with Crippen molar-refractivity contribution in [2.24, 2.45) is 0 Å². The Kier molecular flexibility index (Phi) is 6.65. The molecule has 14 heteroatoms. The zero-order valence-corrected chi connectivity index (χ0v) is 19.2. The molecule has 0 radical (unpaired) electrons. The molecule has 1 aliphatic rings. The fourth-order valence-electron chi connectivity index (χ4n) is 3.25. The summed E-state index contributed by atoms with van der Waals surface area (Å²) in [5.41, 5.74) is -2.51. The molecule has 3 rings (SSSR count).